The summed E-state index contributed by atoms with van der Waals surface area (Å²) in [6, 6.07) is 10.4. The summed E-state index contributed by atoms with van der Waals surface area (Å²) in [6.45, 7) is 14.3. The van der Waals surface area contributed by atoms with E-state index in [1.54, 1.807) is 33.6 Å². The standard InChI is InChI=1S/C39H44N14O4.C2H6/c1-6-52-30(17-22(3)48-52)38(56)47-39-46-29-19-24(33(40)54)20-31(57-16-10-13-42-5)32(29)50(39)14-8-9-15-51-35-27(18-25(21-43-35)34(41)55)26-11-12-28(45-36(26)51)37-44-23(4)49-53(37)7-2;1-2/h8-9,11-12,17-21,42H,6-7,10,13-16H2,1-5H3,(H2,40,54)(H2,41,55)(H,46,47,56);1-2H3/b9-8+;. The van der Waals surface area contributed by atoms with Gasteiger partial charge >= 0.3 is 0 Å². The molecule has 0 bridgehead atoms. The Kier molecular flexibility index (Phi) is 12.8. The van der Waals surface area contributed by atoms with Crippen LogP contribution in [0, 0.1) is 13.8 Å². The molecule has 0 aliphatic rings. The summed E-state index contributed by atoms with van der Waals surface area (Å²) in [6.07, 6.45) is 6.05. The second-order valence-corrected chi connectivity index (χ2v) is 13.4. The SMILES string of the molecule is CC.CCn1nc(C)cc1C(=O)Nc1nc2cc(C(N)=O)cc(OCCCNC)c2n1C/C=C/Cn1c2ncc(C(N)=O)cc2c2ccc(-c3nc(C)nn3CC)nc21. The van der Waals surface area contributed by atoms with Crippen LogP contribution in [0.4, 0.5) is 5.95 Å². The van der Waals surface area contributed by atoms with Crippen LogP contribution in [0.3, 0.4) is 0 Å². The number of allylic oxidation sites excluding steroid dienone is 2. The van der Waals surface area contributed by atoms with Crippen LogP contribution >= 0.6 is 0 Å². The maximum absolute atomic E-state index is 13.7. The van der Waals surface area contributed by atoms with Gasteiger partial charge in [0.2, 0.25) is 17.8 Å². The highest BCUT2D eigenvalue weighted by Gasteiger charge is 2.22. The third kappa shape index (κ3) is 8.52. The van der Waals surface area contributed by atoms with Gasteiger partial charge in [0.1, 0.15) is 39.8 Å². The fourth-order valence-electron chi connectivity index (χ4n) is 6.81. The fraction of sp³-hybridized carbons (Fsp3) is 0.341. The van der Waals surface area contributed by atoms with Crippen molar-refractivity contribution in [2.24, 2.45) is 11.5 Å². The van der Waals surface area contributed by atoms with E-state index in [-0.39, 0.29) is 23.6 Å². The maximum Gasteiger partial charge on any atom is 0.276 e. The Labute approximate surface area is 340 Å². The number of anilines is 1. The molecule has 6 N–H and O–H groups in total. The van der Waals surface area contributed by atoms with E-state index in [0.717, 1.165) is 17.3 Å². The Morgan fingerprint density at radius 3 is 2.25 bits per heavy atom. The molecule has 59 heavy (non-hydrogen) atoms. The van der Waals surface area contributed by atoms with E-state index in [1.807, 2.05) is 82.0 Å². The van der Waals surface area contributed by atoms with Crippen molar-refractivity contribution in [1.82, 2.24) is 53.9 Å². The minimum absolute atomic E-state index is 0.224. The number of hydrogen-bond donors (Lipinski definition) is 4. The number of aromatic nitrogens is 10. The van der Waals surface area contributed by atoms with Gasteiger partial charge in [-0.25, -0.2) is 24.6 Å². The van der Waals surface area contributed by atoms with Crippen LogP contribution in [-0.2, 0) is 26.2 Å². The average Bonchev–Trinajstić information content (AvgIpc) is 3.99. The predicted octanol–water partition coefficient (Wildman–Crippen LogP) is 4.77. The van der Waals surface area contributed by atoms with Crippen LogP contribution in [0.15, 0.2) is 54.7 Å². The Morgan fingerprint density at radius 1 is 0.831 bits per heavy atom. The molecule has 0 spiro atoms. The first kappa shape index (κ1) is 41.7. The number of amides is 3. The zero-order valence-electron chi connectivity index (χ0n) is 34.4. The lowest BCUT2D eigenvalue weighted by atomic mass is 10.1. The Balaban J connectivity index is 0.00000288. The van der Waals surface area contributed by atoms with Crippen LogP contribution in [0.2, 0.25) is 0 Å². The van der Waals surface area contributed by atoms with Crippen molar-refractivity contribution in [3.05, 3.63) is 83.1 Å². The van der Waals surface area contributed by atoms with Crippen molar-refractivity contribution in [2.75, 3.05) is 25.5 Å². The van der Waals surface area contributed by atoms with Crippen LogP contribution in [-0.4, -0.2) is 86.6 Å². The highest BCUT2D eigenvalue weighted by molar-refractivity contribution is 6.08. The maximum atomic E-state index is 13.7. The molecule has 6 aromatic heterocycles. The molecule has 308 valence electrons. The van der Waals surface area contributed by atoms with E-state index in [1.165, 1.54) is 6.20 Å². The number of carbonyl (C=O) groups is 3. The molecule has 7 rings (SSSR count). The van der Waals surface area contributed by atoms with Gasteiger partial charge in [-0.2, -0.15) is 10.2 Å². The molecule has 18 nitrogen and oxygen atoms in total. The molecule has 6 heterocycles. The summed E-state index contributed by atoms with van der Waals surface area (Å²) in [7, 11) is 1.86. The monoisotopic (exact) mass is 802 g/mol. The quantitative estimate of drug-likeness (QED) is 0.0768. The summed E-state index contributed by atoms with van der Waals surface area (Å²) in [5.74, 6) is 0.294. The average molecular weight is 803 g/mol. The third-order valence-electron chi connectivity index (χ3n) is 9.46. The van der Waals surface area contributed by atoms with E-state index < -0.39 is 17.7 Å². The number of imidazole rings is 1. The van der Waals surface area contributed by atoms with Crippen molar-refractivity contribution in [3.63, 3.8) is 0 Å². The van der Waals surface area contributed by atoms with Gasteiger partial charge in [-0.3, -0.25) is 24.4 Å². The van der Waals surface area contributed by atoms with Crippen molar-refractivity contribution >= 4 is 56.8 Å². The van der Waals surface area contributed by atoms with Crippen LogP contribution in [0.25, 0.3) is 44.6 Å². The van der Waals surface area contributed by atoms with Gasteiger partial charge in [-0.05, 0) is 84.1 Å². The summed E-state index contributed by atoms with van der Waals surface area (Å²) < 4.78 is 13.4. The number of rotatable bonds is 16. The molecule has 3 amide bonds. The summed E-state index contributed by atoms with van der Waals surface area (Å²) in [4.78, 5) is 57.3. The molecule has 0 atom stereocenters. The number of aryl methyl sites for hydroxylation is 4. The molecule has 0 saturated heterocycles. The van der Waals surface area contributed by atoms with Crippen LogP contribution in [0.5, 0.6) is 5.75 Å². The first-order valence-electron chi connectivity index (χ1n) is 19.6. The number of fused-ring (bicyclic) bond motifs is 4. The molecule has 0 fully saturated rings. The van der Waals surface area contributed by atoms with Gasteiger partial charge in [0.15, 0.2) is 5.82 Å². The largest absolute Gasteiger partial charge is 0.491 e. The number of ether oxygens (including phenoxy) is 1. The van der Waals surface area contributed by atoms with E-state index in [0.29, 0.717) is 89.5 Å². The van der Waals surface area contributed by atoms with Crippen LogP contribution in [0.1, 0.15) is 76.8 Å². The van der Waals surface area contributed by atoms with Crippen molar-refractivity contribution < 1.29 is 19.1 Å². The predicted molar refractivity (Wildman–Crippen MR) is 226 cm³/mol. The molecular formula is C41H50N14O4. The van der Waals surface area contributed by atoms with E-state index in [9.17, 15) is 14.4 Å². The second-order valence-electron chi connectivity index (χ2n) is 13.4. The molecule has 7 aromatic rings. The number of nitrogens with one attached hydrogen (secondary N) is 2. The normalized spacial score (nSPS) is 11.4. The van der Waals surface area contributed by atoms with Crippen molar-refractivity contribution in [2.45, 2.75) is 74.1 Å². The molecule has 0 radical (unpaired) electrons. The highest BCUT2D eigenvalue weighted by atomic mass is 16.5. The Bertz CT molecular complexity index is 2700. The number of hydrogen-bond acceptors (Lipinski definition) is 11. The van der Waals surface area contributed by atoms with Gasteiger partial charge in [0.25, 0.3) is 5.91 Å². The number of primary amides is 2. The second kappa shape index (κ2) is 18.1. The smallest absolute Gasteiger partial charge is 0.276 e. The Hall–Kier alpha value is -6.95. The summed E-state index contributed by atoms with van der Waals surface area (Å²) >= 11 is 0. The lowest BCUT2D eigenvalue weighted by Crippen LogP contribution is -2.20. The van der Waals surface area contributed by atoms with Crippen LogP contribution < -0.4 is 26.8 Å². The minimum Gasteiger partial charge on any atom is -0.491 e. The topological polar surface area (TPSA) is 234 Å². The van der Waals surface area contributed by atoms with Crippen molar-refractivity contribution in [3.8, 4) is 17.3 Å². The van der Waals surface area contributed by atoms with Crippen molar-refractivity contribution in [1.29, 1.82) is 0 Å². The lowest BCUT2D eigenvalue weighted by molar-refractivity contribution is 0.0991. The fourth-order valence-corrected chi connectivity index (χ4v) is 6.81. The summed E-state index contributed by atoms with van der Waals surface area (Å²) in [5, 5.41) is 16.5. The van der Waals surface area contributed by atoms with Gasteiger partial charge in [0, 0.05) is 48.7 Å². The third-order valence-corrected chi connectivity index (χ3v) is 9.46. The molecular weight excluding hydrogens is 753 g/mol. The number of benzene rings is 1. The summed E-state index contributed by atoms with van der Waals surface area (Å²) in [5.41, 5.74) is 15.8. The van der Waals surface area contributed by atoms with E-state index in [2.05, 4.69) is 30.8 Å². The van der Waals surface area contributed by atoms with Gasteiger partial charge in [-0.1, -0.05) is 26.0 Å². The van der Waals surface area contributed by atoms with Gasteiger partial charge < -0.3 is 30.7 Å². The highest BCUT2D eigenvalue weighted by Crippen LogP contribution is 2.33. The molecule has 0 unspecified atom stereocenters. The van der Waals surface area contributed by atoms with Gasteiger partial charge in [-0.15, -0.1) is 0 Å². The number of nitrogens with zero attached hydrogens (tertiary/aromatic N) is 10. The number of nitrogens with two attached hydrogens (primary N) is 2. The number of carbonyl (C=O) groups excluding carboxylic acids is 3. The molecule has 1 aromatic carbocycles. The Morgan fingerprint density at radius 2 is 1.56 bits per heavy atom. The van der Waals surface area contributed by atoms with E-state index >= 15 is 0 Å². The zero-order valence-corrected chi connectivity index (χ0v) is 34.4. The minimum atomic E-state index is -0.635. The molecule has 0 aliphatic carbocycles. The first-order valence-corrected chi connectivity index (χ1v) is 19.6. The zero-order chi connectivity index (χ0) is 42.4. The molecule has 0 aliphatic heterocycles. The van der Waals surface area contributed by atoms with E-state index in [4.69, 9.17) is 26.2 Å². The molecule has 18 heteroatoms. The van der Waals surface area contributed by atoms with Gasteiger partial charge in [0.05, 0.1) is 23.4 Å². The molecule has 0 saturated carbocycles. The number of pyridine rings is 2. The lowest BCUT2D eigenvalue weighted by Gasteiger charge is -2.13. The first-order chi connectivity index (χ1) is 28.5.